The monoisotopic (exact) mass is 400 g/mol. The van der Waals surface area contributed by atoms with Gasteiger partial charge >= 0.3 is 5.97 Å². The second-order valence-corrected chi connectivity index (χ2v) is 7.53. The van der Waals surface area contributed by atoms with Crippen molar-refractivity contribution in [2.24, 2.45) is 5.92 Å². The van der Waals surface area contributed by atoms with Gasteiger partial charge in [-0.3, -0.25) is 14.5 Å². The highest BCUT2D eigenvalue weighted by Gasteiger charge is 2.21. The summed E-state index contributed by atoms with van der Waals surface area (Å²) in [6.07, 6.45) is 3.53. The van der Waals surface area contributed by atoms with E-state index in [1.54, 1.807) is 18.2 Å². The number of aromatic nitrogens is 2. The normalized spacial score (nSPS) is 17.2. The van der Waals surface area contributed by atoms with Crippen LogP contribution in [0.4, 0.5) is 0 Å². The van der Waals surface area contributed by atoms with Crippen LogP contribution in [0, 0.1) is 5.92 Å². The molecule has 1 aliphatic rings. The molecule has 1 aromatic heterocycles. The largest absolute Gasteiger partial charge is 0.465 e. The number of hydrogen-bond acceptors (Lipinski definition) is 6. The first-order chi connectivity index (χ1) is 14.0. The van der Waals surface area contributed by atoms with Gasteiger partial charge in [-0.2, -0.15) is 0 Å². The van der Waals surface area contributed by atoms with Crippen LogP contribution in [-0.2, 0) is 16.1 Å². The van der Waals surface area contributed by atoms with Crippen LogP contribution in [0.3, 0.4) is 0 Å². The molecule has 1 aromatic carbocycles. The fourth-order valence-corrected chi connectivity index (χ4v) is 3.75. The Bertz CT molecular complexity index is 940. The summed E-state index contributed by atoms with van der Waals surface area (Å²) in [6, 6.07) is 4.74. The third-order valence-electron chi connectivity index (χ3n) is 5.22. The molecule has 29 heavy (non-hydrogen) atoms. The molecule has 8 heteroatoms. The van der Waals surface area contributed by atoms with Crippen molar-refractivity contribution in [1.82, 2.24) is 20.2 Å². The number of methoxy groups -OCH3 is 1. The van der Waals surface area contributed by atoms with E-state index in [4.69, 9.17) is 4.74 Å². The lowest BCUT2D eigenvalue weighted by molar-refractivity contribution is -0.121. The smallest absolute Gasteiger partial charge is 0.337 e. The Morgan fingerprint density at radius 1 is 1.38 bits per heavy atom. The lowest BCUT2D eigenvalue weighted by Crippen LogP contribution is -2.41. The van der Waals surface area contributed by atoms with Gasteiger partial charge in [-0.05, 0) is 49.9 Å². The van der Waals surface area contributed by atoms with E-state index >= 15 is 0 Å². The second-order valence-electron chi connectivity index (χ2n) is 7.53. The fourth-order valence-electron chi connectivity index (χ4n) is 3.75. The molecule has 2 heterocycles. The Balaban J connectivity index is 1.69. The Morgan fingerprint density at radius 3 is 2.97 bits per heavy atom. The zero-order valence-corrected chi connectivity index (χ0v) is 17.0. The van der Waals surface area contributed by atoms with Crippen LogP contribution in [0.25, 0.3) is 10.9 Å². The Labute approximate surface area is 169 Å². The number of nitrogens with one attached hydrogen (secondary N) is 2. The van der Waals surface area contributed by atoms with Crippen molar-refractivity contribution in [3.8, 4) is 0 Å². The van der Waals surface area contributed by atoms with E-state index in [0.29, 0.717) is 47.7 Å². The Morgan fingerprint density at radius 2 is 2.21 bits per heavy atom. The van der Waals surface area contributed by atoms with Gasteiger partial charge in [0, 0.05) is 19.5 Å². The summed E-state index contributed by atoms with van der Waals surface area (Å²) in [5, 5.41) is 3.45. The molecule has 1 saturated heterocycles. The highest BCUT2D eigenvalue weighted by atomic mass is 16.5. The number of rotatable bonds is 7. The van der Waals surface area contributed by atoms with Crippen LogP contribution >= 0.6 is 0 Å². The van der Waals surface area contributed by atoms with E-state index in [1.807, 2.05) is 6.92 Å². The van der Waals surface area contributed by atoms with Gasteiger partial charge in [0.05, 0.1) is 30.1 Å². The maximum Gasteiger partial charge on any atom is 0.337 e. The second kappa shape index (κ2) is 9.65. The fraction of sp³-hybridized carbons (Fsp3) is 0.524. The number of aromatic amines is 1. The summed E-state index contributed by atoms with van der Waals surface area (Å²) in [6.45, 7) is 4.96. The molecule has 2 aromatic rings. The highest BCUT2D eigenvalue weighted by Crippen LogP contribution is 2.18. The van der Waals surface area contributed by atoms with Crippen LogP contribution in [0.5, 0.6) is 0 Å². The molecule has 0 spiro atoms. The number of carbonyl (C=O) groups is 2. The maximum atomic E-state index is 12.4. The van der Waals surface area contributed by atoms with Gasteiger partial charge in [-0.25, -0.2) is 9.78 Å². The van der Waals surface area contributed by atoms with E-state index in [-0.39, 0.29) is 11.5 Å². The molecule has 0 bridgehead atoms. The number of amides is 1. The number of esters is 1. The molecule has 8 nitrogen and oxygen atoms in total. The van der Waals surface area contributed by atoms with Crippen molar-refractivity contribution in [2.45, 2.75) is 39.2 Å². The first-order valence-corrected chi connectivity index (χ1v) is 10.1. The summed E-state index contributed by atoms with van der Waals surface area (Å²) in [7, 11) is 1.32. The third-order valence-corrected chi connectivity index (χ3v) is 5.22. The molecular weight excluding hydrogens is 372 g/mol. The van der Waals surface area contributed by atoms with Crippen molar-refractivity contribution in [3.63, 3.8) is 0 Å². The molecule has 2 N–H and O–H groups in total. The van der Waals surface area contributed by atoms with Crippen LogP contribution in [-0.4, -0.2) is 53.5 Å². The quantitative estimate of drug-likeness (QED) is 0.687. The van der Waals surface area contributed by atoms with Gasteiger partial charge < -0.3 is 15.0 Å². The minimum atomic E-state index is -0.459. The lowest BCUT2D eigenvalue weighted by Gasteiger charge is -2.32. The summed E-state index contributed by atoms with van der Waals surface area (Å²) in [5.74, 6) is 0.605. The molecule has 1 atom stereocenters. The lowest BCUT2D eigenvalue weighted by atomic mass is 9.98. The SMILES string of the molecule is CCCC(=O)NCC1CCCN(Cc2nc3cc(C(=O)OC)ccc3c(=O)[nH]2)C1. The Kier molecular flexibility index (Phi) is 6.98. The zero-order chi connectivity index (χ0) is 20.8. The van der Waals surface area contributed by atoms with Gasteiger partial charge in [0.15, 0.2) is 0 Å². The van der Waals surface area contributed by atoms with Gasteiger partial charge in [0.2, 0.25) is 5.91 Å². The number of H-pyrrole nitrogens is 1. The minimum Gasteiger partial charge on any atom is -0.465 e. The number of ether oxygens (including phenoxy) is 1. The number of carbonyl (C=O) groups excluding carboxylic acids is 2. The summed E-state index contributed by atoms with van der Waals surface area (Å²) >= 11 is 0. The molecule has 1 amide bonds. The number of piperidine rings is 1. The molecule has 1 unspecified atom stereocenters. The summed E-state index contributed by atoms with van der Waals surface area (Å²) in [4.78, 5) is 45.5. The first kappa shape index (κ1) is 21.0. The molecule has 0 aliphatic carbocycles. The van der Waals surface area contributed by atoms with Crippen LogP contribution < -0.4 is 10.9 Å². The van der Waals surface area contributed by atoms with Crippen molar-refractivity contribution in [1.29, 1.82) is 0 Å². The summed E-state index contributed by atoms with van der Waals surface area (Å²) < 4.78 is 4.74. The van der Waals surface area contributed by atoms with E-state index in [1.165, 1.54) is 7.11 Å². The number of hydrogen-bond donors (Lipinski definition) is 2. The molecule has 1 fully saturated rings. The average molecular weight is 400 g/mol. The van der Waals surface area contributed by atoms with E-state index in [9.17, 15) is 14.4 Å². The van der Waals surface area contributed by atoms with Gasteiger partial charge in [-0.15, -0.1) is 0 Å². The zero-order valence-electron chi connectivity index (χ0n) is 17.0. The van der Waals surface area contributed by atoms with Gasteiger partial charge in [0.1, 0.15) is 5.82 Å². The number of fused-ring (bicyclic) bond motifs is 1. The Hall–Kier alpha value is -2.74. The van der Waals surface area contributed by atoms with E-state index in [2.05, 4.69) is 20.2 Å². The van der Waals surface area contributed by atoms with Crippen LogP contribution in [0.2, 0.25) is 0 Å². The van der Waals surface area contributed by atoms with Crippen molar-refractivity contribution >= 4 is 22.8 Å². The first-order valence-electron chi connectivity index (χ1n) is 10.1. The predicted molar refractivity (Wildman–Crippen MR) is 110 cm³/mol. The van der Waals surface area contributed by atoms with Gasteiger partial charge in [0.25, 0.3) is 5.56 Å². The maximum absolute atomic E-state index is 12.4. The molecule has 0 radical (unpaired) electrons. The predicted octanol–water partition coefficient (Wildman–Crippen LogP) is 1.84. The van der Waals surface area contributed by atoms with Crippen molar-refractivity contribution in [2.75, 3.05) is 26.7 Å². The minimum absolute atomic E-state index is 0.103. The standard InChI is InChI=1S/C21H28N4O4/c1-3-5-19(26)22-11-14-6-4-9-25(12-14)13-18-23-17-10-15(21(28)29-2)7-8-16(17)20(27)24-18/h7-8,10,14H,3-6,9,11-13H2,1-2H3,(H,22,26)(H,23,24,27). The van der Waals surface area contributed by atoms with Crippen LogP contribution in [0.15, 0.2) is 23.0 Å². The summed E-state index contributed by atoms with van der Waals surface area (Å²) in [5.41, 5.74) is 0.624. The van der Waals surface area contributed by atoms with Crippen LogP contribution in [0.1, 0.15) is 48.8 Å². The van der Waals surface area contributed by atoms with Crippen molar-refractivity contribution < 1.29 is 14.3 Å². The molecular formula is C21H28N4O4. The molecule has 156 valence electrons. The number of benzene rings is 1. The van der Waals surface area contributed by atoms with Gasteiger partial charge in [-0.1, -0.05) is 6.92 Å². The molecule has 0 saturated carbocycles. The van der Waals surface area contributed by atoms with Crippen molar-refractivity contribution in [3.05, 3.63) is 39.9 Å². The molecule has 3 rings (SSSR count). The highest BCUT2D eigenvalue weighted by molar-refractivity contribution is 5.93. The number of likely N-dealkylation sites (tertiary alicyclic amines) is 1. The average Bonchev–Trinajstić information content (AvgIpc) is 2.72. The third kappa shape index (κ3) is 5.41. The van der Waals surface area contributed by atoms with E-state index in [0.717, 1.165) is 32.4 Å². The van der Waals surface area contributed by atoms with E-state index < -0.39 is 5.97 Å². The number of nitrogens with zero attached hydrogens (tertiary/aromatic N) is 2. The molecule has 1 aliphatic heterocycles. The topological polar surface area (TPSA) is 104 Å².